The van der Waals surface area contributed by atoms with Crippen LogP contribution in [0.3, 0.4) is 0 Å². The molecule has 0 fully saturated rings. The van der Waals surface area contributed by atoms with E-state index in [9.17, 15) is 8.78 Å². The van der Waals surface area contributed by atoms with Gasteiger partial charge in [0.25, 0.3) is 0 Å². The van der Waals surface area contributed by atoms with E-state index in [-0.39, 0.29) is 10.0 Å². The molecule has 1 unspecified atom stereocenters. The average Bonchev–Trinajstić information content (AvgIpc) is 2.58. The molecule has 0 radical (unpaired) electrons. The van der Waals surface area contributed by atoms with Gasteiger partial charge in [-0.05, 0) is 41.9 Å². The molecule has 0 spiro atoms. The smallest absolute Gasteiger partial charge is 0.145 e. The number of hydrogen-bond donors (Lipinski definition) is 1. The van der Waals surface area contributed by atoms with Crippen LogP contribution in [0, 0.1) is 25.5 Å². The molecule has 1 heterocycles. The van der Waals surface area contributed by atoms with Crippen molar-refractivity contribution >= 4 is 15.9 Å². The van der Waals surface area contributed by atoms with Gasteiger partial charge in [-0.3, -0.25) is 4.68 Å². The molecular formula is C13H14BrF2N3. The van der Waals surface area contributed by atoms with Gasteiger partial charge in [-0.1, -0.05) is 0 Å². The van der Waals surface area contributed by atoms with Crippen LogP contribution in [-0.2, 0) is 7.05 Å². The van der Waals surface area contributed by atoms with Gasteiger partial charge in [0.1, 0.15) is 11.6 Å². The van der Waals surface area contributed by atoms with Crippen LogP contribution in [0.25, 0.3) is 0 Å². The van der Waals surface area contributed by atoms with Crippen LogP contribution in [0.15, 0.2) is 16.6 Å². The molecule has 102 valence electrons. The maximum Gasteiger partial charge on any atom is 0.145 e. The zero-order valence-corrected chi connectivity index (χ0v) is 12.4. The van der Waals surface area contributed by atoms with Crippen LogP contribution < -0.4 is 5.73 Å². The Balaban J connectivity index is 2.62. The van der Waals surface area contributed by atoms with Gasteiger partial charge in [-0.25, -0.2) is 8.78 Å². The molecule has 0 aliphatic rings. The third kappa shape index (κ3) is 2.30. The maximum absolute atomic E-state index is 14.1. The summed E-state index contributed by atoms with van der Waals surface area (Å²) in [5.74, 6) is -1.33. The minimum atomic E-state index is -0.883. The highest BCUT2D eigenvalue weighted by atomic mass is 79.9. The second-order valence-electron chi connectivity index (χ2n) is 4.44. The lowest BCUT2D eigenvalue weighted by molar-refractivity contribution is 0.538. The van der Waals surface area contributed by atoms with Crippen molar-refractivity contribution in [1.29, 1.82) is 0 Å². The standard InChI is InChI=1S/C13H14BrF2N3/c1-6-10(7(2)19(3)18-6)13(17)11-9(15)5-4-8(14)12(11)16/h4-5,13H,17H2,1-3H3. The molecule has 6 heteroatoms. The largest absolute Gasteiger partial charge is 0.320 e. The number of aryl methyl sites for hydroxylation is 2. The summed E-state index contributed by atoms with van der Waals surface area (Å²) >= 11 is 3.05. The van der Waals surface area contributed by atoms with E-state index in [4.69, 9.17) is 5.73 Å². The van der Waals surface area contributed by atoms with Gasteiger partial charge >= 0.3 is 0 Å². The van der Waals surface area contributed by atoms with Crippen molar-refractivity contribution in [3.05, 3.63) is 50.8 Å². The minimum absolute atomic E-state index is 0.145. The van der Waals surface area contributed by atoms with Gasteiger partial charge in [0.05, 0.1) is 16.2 Å². The lowest BCUT2D eigenvalue weighted by Gasteiger charge is -2.15. The van der Waals surface area contributed by atoms with E-state index in [2.05, 4.69) is 21.0 Å². The molecular weight excluding hydrogens is 316 g/mol. The normalized spacial score (nSPS) is 12.8. The Kier molecular flexibility index (Phi) is 3.73. The van der Waals surface area contributed by atoms with Crippen molar-refractivity contribution in [2.24, 2.45) is 12.8 Å². The zero-order valence-electron chi connectivity index (χ0n) is 10.8. The molecule has 2 aromatic rings. The second kappa shape index (κ2) is 5.02. The van der Waals surface area contributed by atoms with E-state index < -0.39 is 17.7 Å². The summed E-state index contributed by atoms with van der Waals surface area (Å²) in [6, 6.07) is 1.64. The average molecular weight is 330 g/mol. The predicted octanol–water partition coefficient (Wildman–Crippen LogP) is 3.13. The van der Waals surface area contributed by atoms with E-state index in [1.165, 1.54) is 12.1 Å². The van der Waals surface area contributed by atoms with Crippen molar-refractivity contribution in [2.45, 2.75) is 19.9 Å². The topological polar surface area (TPSA) is 43.8 Å². The fraction of sp³-hybridized carbons (Fsp3) is 0.308. The number of nitrogens with zero attached hydrogens (tertiary/aromatic N) is 2. The maximum atomic E-state index is 14.1. The number of aromatic nitrogens is 2. The Morgan fingerprint density at radius 2 is 1.89 bits per heavy atom. The third-order valence-electron chi connectivity index (χ3n) is 3.27. The second-order valence-corrected chi connectivity index (χ2v) is 5.30. The first-order chi connectivity index (χ1) is 8.84. The highest BCUT2D eigenvalue weighted by Crippen LogP contribution is 2.31. The molecule has 1 aromatic carbocycles. The van der Waals surface area contributed by atoms with Crippen LogP contribution in [-0.4, -0.2) is 9.78 Å². The van der Waals surface area contributed by atoms with Gasteiger partial charge in [-0.2, -0.15) is 5.10 Å². The van der Waals surface area contributed by atoms with Gasteiger partial charge in [0.2, 0.25) is 0 Å². The van der Waals surface area contributed by atoms with Crippen molar-refractivity contribution in [2.75, 3.05) is 0 Å². The summed E-state index contributed by atoms with van der Waals surface area (Å²) in [5, 5.41) is 4.22. The van der Waals surface area contributed by atoms with Gasteiger partial charge in [0.15, 0.2) is 0 Å². The molecule has 1 atom stereocenters. The van der Waals surface area contributed by atoms with Crippen molar-refractivity contribution in [1.82, 2.24) is 9.78 Å². The van der Waals surface area contributed by atoms with Crippen LogP contribution in [0.2, 0.25) is 0 Å². The van der Waals surface area contributed by atoms with Crippen molar-refractivity contribution in [3.8, 4) is 0 Å². The molecule has 0 bridgehead atoms. The first kappa shape index (κ1) is 14.1. The lowest BCUT2D eigenvalue weighted by atomic mass is 9.97. The van der Waals surface area contributed by atoms with Crippen LogP contribution in [0.5, 0.6) is 0 Å². The highest BCUT2D eigenvalue weighted by molar-refractivity contribution is 9.10. The van der Waals surface area contributed by atoms with E-state index >= 15 is 0 Å². The summed E-state index contributed by atoms with van der Waals surface area (Å²) in [6.07, 6.45) is 0. The summed E-state index contributed by atoms with van der Waals surface area (Å²) in [5.41, 5.74) is 8.02. The molecule has 0 amide bonds. The Morgan fingerprint density at radius 3 is 2.42 bits per heavy atom. The lowest BCUT2D eigenvalue weighted by Crippen LogP contribution is -2.17. The monoisotopic (exact) mass is 329 g/mol. The van der Waals surface area contributed by atoms with Crippen LogP contribution in [0.4, 0.5) is 8.78 Å². The molecule has 0 saturated carbocycles. The first-order valence-electron chi connectivity index (χ1n) is 5.73. The van der Waals surface area contributed by atoms with Gasteiger partial charge in [-0.15, -0.1) is 0 Å². The Morgan fingerprint density at radius 1 is 1.26 bits per heavy atom. The SMILES string of the molecule is Cc1nn(C)c(C)c1C(N)c1c(F)ccc(Br)c1F. The van der Waals surface area contributed by atoms with E-state index in [0.29, 0.717) is 11.3 Å². The zero-order chi connectivity index (χ0) is 14.3. The molecule has 0 saturated heterocycles. The van der Waals surface area contributed by atoms with Crippen LogP contribution in [0.1, 0.15) is 28.6 Å². The summed E-state index contributed by atoms with van der Waals surface area (Å²) < 4.78 is 29.8. The fourth-order valence-corrected chi connectivity index (χ4v) is 2.56. The van der Waals surface area contributed by atoms with Crippen LogP contribution >= 0.6 is 15.9 Å². The van der Waals surface area contributed by atoms with E-state index in [1.54, 1.807) is 18.7 Å². The minimum Gasteiger partial charge on any atom is -0.320 e. The molecule has 19 heavy (non-hydrogen) atoms. The summed E-state index contributed by atoms with van der Waals surface area (Å²) in [7, 11) is 1.77. The van der Waals surface area contributed by atoms with E-state index in [0.717, 1.165) is 5.69 Å². The molecule has 3 nitrogen and oxygen atoms in total. The molecule has 2 N–H and O–H groups in total. The number of benzene rings is 1. The fourth-order valence-electron chi connectivity index (χ4n) is 2.21. The molecule has 0 aliphatic carbocycles. The van der Waals surface area contributed by atoms with Gasteiger partial charge < -0.3 is 5.73 Å². The Bertz CT molecular complexity index is 637. The number of nitrogens with two attached hydrogens (primary N) is 1. The van der Waals surface area contributed by atoms with Crippen molar-refractivity contribution < 1.29 is 8.78 Å². The quantitative estimate of drug-likeness (QED) is 0.860. The molecule has 0 aliphatic heterocycles. The van der Waals surface area contributed by atoms with Gasteiger partial charge in [0, 0.05) is 23.9 Å². The molecule has 2 rings (SSSR count). The number of halogens is 3. The first-order valence-corrected chi connectivity index (χ1v) is 6.53. The molecule has 1 aromatic heterocycles. The summed E-state index contributed by atoms with van der Waals surface area (Å²) in [6.45, 7) is 3.60. The summed E-state index contributed by atoms with van der Waals surface area (Å²) in [4.78, 5) is 0. The highest BCUT2D eigenvalue weighted by Gasteiger charge is 2.25. The number of hydrogen-bond acceptors (Lipinski definition) is 2. The Hall–Kier alpha value is -1.27. The Labute approximate surface area is 118 Å². The van der Waals surface area contributed by atoms with E-state index in [1.807, 2.05) is 6.92 Å². The van der Waals surface area contributed by atoms with Crippen molar-refractivity contribution in [3.63, 3.8) is 0 Å². The predicted molar refractivity (Wildman–Crippen MR) is 72.8 cm³/mol. The third-order valence-corrected chi connectivity index (χ3v) is 3.88. The number of rotatable bonds is 2.